The number of ether oxygens (including phenoxy) is 1. The van der Waals surface area contributed by atoms with Crippen LogP contribution in [0.1, 0.15) is 26.7 Å². The summed E-state index contributed by atoms with van der Waals surface area (Å²) in [5, 5.41) is 14.4. The summed E-state index contributed by atoms with van der Waals surface area (Å²) in [5.74, 6) is 0.293. The predicted molar refractivity (Wildman–Crippen MR) is 93.0 cm³/mol. The number of carbonyl (C=O) groups is 2. The molecule has 0 spiro atoms. The summed E-state index contributed by atoms with van der Waals surface area (Å²) in [4.78, 5) is 23.6. The summed E-state index contributed by atoms with van der Waals surface area (Å²) in [6.07, 6.45) is 1.14. The molecule has 0 aliphatic carbocycles. The monoisotopic (exact) mass is 348 g/mol. The maximum atomic E-state index is 12.1. The van der Waals surface area contributed by atoms with Gasteiger partial charge in [-0.15, -0.1) is 10.2 Å². The molecule has 128 valence electrons. The van der Waals surface area contributed by atoms with Gasteiger partial charge in [-0.2, -0.15) is 0 Å². The number of aromatic nitrogens is 2. The molecule has 2 N–H and O–H groups in total. The summed E-state index contributed by atoms with van der Waals surface area (Å²) in [7, 11) is 1.61. The van der Waals surface area contributed by atoms with Gasteiger partial charge in [0.05, 0.1) is 7.11 Å². The molecule has 1 atom stereocenters. The fourth-order valence-corrected chi connectivity index (χ4v) is 2.70. The molecule has 8 heteroatoms. The molecule has 7 nitrogen and oxygen atoms in total. The number of methoxy groups -OCH3 is 1. The number of carbonyl (C=O) groups excluding carboxylic acids is 2. The smallest absolute Gasteiger partial charge is 0.248 e. The lowest BCUT2D eigenvalue weighted by molar-refractivity contribution is -0.126. The average molecular weight is 348 g/mol. The Kier molecular flexibility index (Phi) is 6.25. The zero-order valence-corrected chi connectivity index (χ0v) is 14.6. The number of amides is 2. The van der Waals surface area contributed by atoms with Gasteiger partial charge in [-0.3, -0.25) is 14.9 Å². The minimum absolute atomic E-state index is 0.142. The first-order valence-corrected chi connectivity index (χ1v) is 8.43. The van der Waals surface area contributed by atoms with E-state index in [1.165, 1.54) is 11.3 Å². The minimum Gasteiger partial charge on any atom is -0.497 e. The Morgan fingerprint density at radius 2 is 1.96 bits per heavy atom. The van der Waals surface area contributed by atoms with Crippen LogP contribution >= 0.6 is 11.3 Å². The third-order valence-electron chi connectivity index (χ3n) is 3.24. The van der Waals surface area contributed by atoms with Gasteiger partial charge in [-0.05, 0) is 37.6 Å². The van der Waals surface area contributed by atoms with E-state index in [-0.39, 0.29) is 11.8 Å². The molecule has 2 rings (SSSR count). The number of rotatable bonds is 7. The van der Waals surface area contributed by atoms with Gasteiger partial charge in [0.2, 0.25) is 16.9 Å². The zero-order valence-electron chi connectivity index (χ0n) is 13.8. The van der Waals surface area contributed by atoms with Gasteiger partial charge >= 0.3 is 0 Å². The first-order valence-electron chi connectivity index (χ1n) is 7.61. The number of anilines is 1. The van der Waals surface area contributed by atoms with Crippen LogP contribution in [0, 0.1) is 0 Å². The molecule has 1 aromatic carbocycles. The maximum absolute atomic E-state index is 12.1. The van der Waals surface area contributed by atoms with Crippen LogP contribution in [0.4, 0.5) is 5.13 Å². The van der Waals surface area contributed by atoms with Gasteiger partial charge in [-0.25, -0.2) is 0 Å². The van der Waals surface area contributed by atoms with Crippen molar-refractivity contribution in [3.63, 3.8) is 0 Å². The summed E-state index contributed by atoms with van der Waals surface area (Å²) < 4.78 is 5.11. The average Bonchev–Trinajstić information content (AvgIpc) is 3.03. The van der Waals surface area contributed by atoms with Crippen LogP contribution < -0.4 is 15.4 Å². The highest BCUT2D eigenvalue weighted by Crippen LogP contribution is 2.27. The lowest BCUT2D eigenvalue weighted by atomic mass is 10.2. The molecule has 0 aliphatic heterocycles. The number of nitrogens with one attached hydrogen (secondary N) is 2. The van der Waals surface area contributed by atoms with Gasteiger partial charge < -0.3 is 10.1 Å². The molecule has 1 heterocycles. The molecule has 1 unspecified atom stereocenters. The second kappa shape index (κ2) is 8.39. The van der Waals surface area contributed by atoms with Crippen LogP contribution in [-0.4, -0.2) is 35.2 Å². The fraction of sp³-hybridized carbons (Fsp3) is 0.375. The van der Waals surface area contributed by atoms with Gasteiger partial charge in [-0.1, -0.05) is 18.3 Å². The van der Waals surface area contributed by atoms with E-state index >= 15 is 0 Å². The third-order valence-corrected chi connectivity index (χ3v) is 4.13. The Morgan fingerprint density at radius 1 is 1.25 bits per heavy atom. The molecule has 24 heavy (non-hydrogen) atoms. The molecular weight excluding hydrogens is 328 g/mol. The lowest BCUT2D eigenvalue weighted by Crippen LogP contribution is -2.41. The molecule has 0 saturated carbocycles. The number of benzene rings is 1. The first-order chi connectivity index (χ1) is 11.5. The van der Waals surface area contributed by atoms with E-state index < -0.39 is 6.04 Å². The normalized spacial score (nSPS) is 11.6. The molecular formula is C16H20N4O3S. The van der Waals surface area contributed by atoms with Gasteiger partial charge in [0, 0.05) is 12.0 Å². The van der Waals surface area contributed by atoms with Crippen LogP contribution in [-0.2, 0) is 9.59 Å². The van der Waals surface area contributed by atoms with Crippen molar-refractivity contribution >= 4 is 28.3 Å². The van der Waals surface area contributed by atoms with E-state index in [2.05, 4.69) is 20.8 Å². The predicted octanol–water partition coefficient (Wildman–Crippen LogP) is 2.46. The molecule has 0 saturated heterocycles. The minimum atomic E-state index is -0.627. The Labute approximate surface area is 144 Å². The Bertz CT molecular complexity index is 700. The number of hydrogen-bond donors (Lipinski definition) is 2. The van der Waals surface area contributed by atoms with Gasteiger partial charge in [0.1, 0.15) is 16.8 Å². The van der Waals surface area contributed by atoms with Crippen molar-refractivity contribution in [3.05, 3.63) is 24.3 Å². The Morgan fingerprint density at radius 3 is 2.58 bits per heavy atom. The summed E-state index contributed by atoms with van der Waals surface area (Å²) in [6.45, 7) is 3.54. The second-order valence-electron chi connectivity index (χ2n) is 5.17. The molecule has 2 amide bonds. The van der Waals surface area contributed by atoms with E-state index in [1.54, 1.807) is 14.0 Å². The van der Waals surface area contributed by atoms with Crippen LogP contribution in [0.5, 0.6) is 5.75 Å². The quantitative estimate of drug-likeness (QED) is 0.802. The van der Waals surface area contributed by atoms with Crippen molar-refractivity contribution in [2.24, 2.45) is 0 Å². The summed E-state index contributed by atoms with van der Waals surface area (Å²) in [5.41, 5.74) is 0.887. The highest BCUT2D eigenvalue weighted by atomic mass is 32.1. The maximum Gasteiger partial charge on any atom is 0.248 e. The van der Waals surface area contributed by atoms with E-state index in [9.17, 15) is 9.59 Å². The van der Waals surface area contributed by atoms with Crippen molar-refractivity contribution in [1.29, 1.82) is 0 Å². The molecule has 0 bridgehead atoms. The molecule has 1 aromatic heterocycles. The fourth-order valence-electron chi connectivity index (χ4n) is 1.94. The van der Waals surface area contributed by atoms with E-state index in [1.807, 2.05) is 31.2 Å². The van der Waals surface area contributed by atoms with E-state index in [0.29, 0.717) is 16.6 Å². The highest BCUT2D eigenvalue weighted by Gasteiger charge is 2.17. The van der Waals surface area contributed by atoms with Crippen molar-refractivity contribution in [2.75, 3.05) is 12.4 Å². The van der Waals surface area contributed by atoms with Crippen molar-refractivity contribution in [3.8, 4) is 16.3 Å². The second-order valence-corrected chi connectivity index (χ2v) is 6.15. The first kappa shape index (κ1) is 17.9. The Hall–Kier alpha value is -2.48. The topological polar surface area (TPSA) is 93.2 Å². The van der Waals surface area contributed by atoms with Gasteiger partial charge in [0.15, 0.2) is 0 Å². The van der Waals surface area contributed by atoms with E-state index in [0.717, 1.165) is 17.7 Å². The number of hydrogen-bond acceptors (Lipinski definition) is 6. The molecule has 0 radical (unpaired) electrons. The van der Waals surface area contributed by atoms with Gasteiger partial charge in [0.25, 0.3) is 0 Å². The van der Waals surface area contributed by atoms with Crippen LogP contribution in [0.15, 0.2) is 24.3 Å². The molecule has 0 aliphatic rings. The van der Waals surface area contributed by atoms with E-state index in [4.69, 9.17) is 4.74 Å². The SMILES string of the molecule is CCCC(=O)NC(C)C(=O)Nc1nnc(-c2ccc(OC)cc2)s1. The summed E-state index contributed by atoms with van der Waals surface area (Å²) >= 11 is 1.27. The standard InChI is InChI=1S/C16H20N4O3S/c1-4-5-13(21)17-10(2)14(22)18-16-20-19-15(24-16)11-6-8-12(23-3)9-7-11/h6-10H,4-5H2,1-3H3,(H,17,21)(H,18,20,22). The van der Waals surface area contributed by atoms with Crippen molar-refractivity contribution in [1.82, 2.24) is 15.5 Å². The largest absolute Gasteiger partial charge is 0.497 e. The Balaban J connectivity index is 1.97. The van der Waals surface area contributed by atoms with Crippen molar-refractivity contribution in [2.45, 2.75) is 32.7 Å². The van der Waals surface area contributed by atoms with Crippen LogP contribution in [0.3, 0.4) is 0 Å². The third kappa shape index (κ3) is 4.76. The molecule has 2 aromatic rings. The lowest BCUT2D eigenvalue weighted by Gasteiger charge is -2.12. The van der Waals surface area contributed by atoms with Crippen LogP contribution in [0.25, 0.3) is 10.6 Å². The summed E-state index contributed by atoms with van der Waals surface area (Å²) in [6, 6.07) is 6.79. The zero-order chi connectivity index (χ0) is 17.5. The van der Waals surface area contributed by atoms with Crippen LogP contribution in [0.2, 0.25) is 0 Å². The van der Waals surface area contributed by atoms with Crippen molar-refractivity contribution < 1.29 is 14.3 Å². The highest BCUT2D eigenvalue weighted by molar-refractivity contribution is 7.18. The molecule has 0 fully saturated rings. The number of nitrogens with zero attached hydrogens (tertiary/aromatic N) is 2.